The van der Waals surface area contributed by atoms with Crippen molar-refractivity contribution >= 4 is 11.9 Å². The number of nitrogens with two attached hydrogens (primary N) is 1. The van der Waals surface area contributed by atoms with Gasteiger partial charge >= 0.3 is 5.97 Å². The van der Waals surface area contributed by atoms with Crippen LogP contribution in [0.3, 0.4) is 0 Å². The number of rotatable bonds is 3. The maximum atomic E-state index is 12.3. The minimum absolute atomic E-state index is 0.0398. The highest BCUT2D eigenvalue weighted by atomic mass is 16.5. The molecule has 2 aliphatic rings. The predicted molar refractivity (Wildman–Crippen MR) is 70.4 cm³/mol. The Kier molecular flexibility index (Phi) is 4.10. The molecule has 2 N–H and O–H groups in total. The molecule has 108 valence electrons. The van der Waals surface area contributed by atoms with E-state index in [1.807, 2.05) is 6.92 Å². The third kappa shape index (κ3) is 2.23. The fourth-order valence-electron chi connectivity index (χ4n) is 3.48. The lowest BCUT2D eigenvalue weighted by Crippen LogP contribution is -2.61. The van der Waals surface area contributed by atoms with E-state index in [-0.39, 0.29) is 24.5 Å². The van der Waals surface area contributed by atoms with Crippen LogP contribution in [0.25, 0.3) is 0 Å². The third-order valence-corrected chi connectivity index (χ3v) is 4.49. The number of likely N-dealkylation sites (tertiary alicyclic amines) is 2. The van der Waals surface area contributed by atoms with Gasteiger partial charge in [-0.15, -0.1) is 0 Å². The summed E-state index contributed by atoms with van der Waals surface area (Å²) in [5.41, 5.74) is 4.55. The average molecular weight is 269 g/mol. The molecule has 2 saturated heterocycles. The summed E-state index contributed by atoms with van der Waals surface area (Å²) in [6.45, 7) is 4.29. The van der Waals surface area contributed by atoms with Crippen LogP contribution in [0.5, 0.6) is 0 Å². The summed E-state index contributed by atoms with van der Waals surface area (Å²) in [4.78, 5) is 28.1. The van der Waals surface area contributed by atoms with Gasteiger partial charge in [0.25, 0.3) is 0 Å². The molecule has 1 amide bonds. The van der Waals surface area contributed by atoms with Gasteiger partial charge in [0, 0.05) is 12.6 Å². The van der Waals surface area contributed by atoms with Crippen molar-refractivity contribution < 1.29 is 14.3 Å². The van der Waals surface area contributed by atoms with Gasteiger partial charge in [-0.2, -0.15) is 0 Å². The van der Waals surface area contributed by atoms with E-state index in [0.717, 1.165) is 32.4 Å². The molecular formula is C13H23N3O3. The maximum Gasteiger partial charge on any atom is 0.333 e. The molecule has 0 aromatic heterocycles. The number of carbonyl (C=O) groups excluding carboxylic acids is 2. The second-order valence-electron chi connectivity index (χ2n) is 5.44. The number of carbonyl (C=O) groups is 2. The minimum atomic E-state index is -0.907. The Labute approximate surface area is 113 Å². The SMILES string of the molecule is COC(=O)[C@]1(C)C(N2CCCC2)CCN1C(=O)CN. The van der Waals surface area contributed by atoms with Gasteiger partial charge in [-0.1, -0.05) is 0 Å². The lowest BCUT2D eigenvalue weighted by atomic mass is 9.91. The normalized spacial score (nSPS) is 31.7. The molecule has 0 saturated carbocycles. The Hall–Kier alpha value is -1.14. The molecule has 2 aliphatic heterocycles. The first-order chi connectivity index (χ1) is 9.05. The summed E-state index contributed by atoms with van der Waals surface area (Å²) < 4.78 is 4.95. The molecule has 6 nitrogen and oxygen atoms in total. The van der Waals surface area contributed by atoms with Crippen LogP contribution >= 0.6 is 0 Å². The molecule has 0 aliphatic carbocycles. The van der Waals surface area contributed by atoms with Crippen LogP contribution in [0.2, 0.25) is 0 Å². The van der Waals surface area contributed by atoms with E-state index in [1.165, 1.54) is 7.11 Å². The van der Waals surface area contributed by atoms with Crippen LogP contribution in [-0.2, 0) is 14.3 Å². The Morgan fingerprint density at radius 3 is 2.47 bits per heavy atom. The van der Waals surface area contributed by atoms with Crippen molar-refractivity contribution in [2.45, 2.75) is 37.8 Å². The van der Waals surface area contributed by atoms with Crippen LogP contribution in [0.4, 0.5) is 0 Å². The second-order valence-corrected chi connectivity index (χ2v) is 5.44. The van der Waals surface area contributed by atoms with Crippen LogP contribution in [0.15, 0.2) is 0 Å². The molecule has 2 heterocycles. The van der Waals surface area contributed by atoms with E-state index in [2.05, 4.69) is 4.90 Å². The van der Waals surface area contributed by atoms with Gasteiger partial charge in [-0.05, 0) is 39.3 Å². The van der Waals surface area contributed by atoms with Gasteiger partial charge in [-0.3, -0.25) is 9.69 Å². The summed E-state index contributed by atoms with van der Waals surface area (Å²) in [6, 6.07) is 0.0398. The first kappa shape index (κ1) is 14.3. The fourth-order valence-corrected chi connectivity index (χ4v) is 3.48. The van der Waals surface area contributed by atoms with E-state index in [4.69, 9.17) is 10.5 Å². The summed E-state index contributed by atoms with van der Waals surface area (Å²) in [5, 5.41) is 0. The van der Waals surface area contributed by atoms with Crippen molar-refractivity contribution in [2.75, 3.05) is 33.3 Å². The number of amides is 1. The summed E-state index contributed by atoms with van der Waals surface area (Å²) in [7, 11) is 1.37. The number of hydrogen-bond acceptors (Lipinski definition) is 5. The summed E-state index contributed by atoms with van der Waals surface area (Å²) in [5.74, 6) is -0.529. The smallest absolute Gasteiger partial charge is 0.333 e. The number of methoxy groups -OCH3 is 1. The van der Waals surface area contributed by atoms with Crippen LogP contribution < -0.4 is 5.73 Å². The molecule has 0 spiro atoms. The molecule has 2 rings (SSSR count). The molecule has 0 aromatic rings. The Morgan fingerprint density at radius 1 is 1.32 bits per heavy atom. The standard InChI is InChI=1S/C13H23N3O3/c1-13(12(18)19-2)10(15-6-3-4-7-15)5-8-16(13)11(17)9-14/h10H,3-9,14H2,1-2H3/t10?,13-/m0/s1. The highest BCUT2D eigenvalue weighted by Gasteiger charge is 2.55. The second kappa shape index (κ2) is 5.46. The lowest BCUT2D eigenvalue weighted by molar-refractivity contribution is -0.160. The van der Waals surface area contributed by atoms with Crippen LogP contribution in [0.1, 0.15) is 26.2 Å². The summed E-state index contributed by atoms with van der Waals surface area (Å²) in [6.07, 6.45) is 3.11. The molecule has 0 radical (unpaired) electrons. The van der Waals surface area contributed by atoms with E-state index in [0.29, 0.717) is 6.54 Å². The highest BCUT2D eigenvalue weighted by Crippen LogP contribution is 2.35. The first-order valence-electron chi connectivity index (χ1n) is 6.88. The van der Waals surface area contributed by atoms with Crippen molar-refractivity contribution in [1.82, 2.24) is 9.80 Å². The van der Waals surface area contributed by atoms with Gasteiger partial charge in [0.15, 0.2) is 5.54 Å². The van der Waals surface area contributed by atoms with Gasteiger partial charge in [-0.25, -0.2) is 4.79 Å². The number of ether oxygens (including phenoxy) is 1. The Balaban J connectivity index is 2.29. The van der Waals surface area contributed by atoms with Crippen molar-refractivity contribution in [3.8, 4) is 0 Å². The molecule has 0 aromatic carbocycles. The van der Waals surface area contributed by atoms with E-state index >= 15 is 0 Å². The molecule has 1 unspecified atom stereocenters. The van der Waals surface area contributed by atoms with Crippen molar-refractivity contribution in [1.29, 1.82) is 0 Å². The Bertz CT molecular complexity index is 368. The van der Waals surface area contributed by atoms with Gasteiger partial charge < -0.3 is 15.4 Å². The average Bonchev–Trinajstić information content (AvgIpc) is 3.04. The van der Waals surface area contributed by atoms with Gasteiger partial charge in [0.05, 0.1) is 13.7 Å². The van der Waals surface area contributed by atoms with Crippen molar-refractivity contribution in [3.05, 3.63) is 0 Å². The van der Waals surface area contributed by atoms with Gasteiger partial charge in [0.1, 0.15) is 0 Å². The molecule has 0 bridgehead atoms. The summed E-state index contributed by atoms with van der Waals surface area (Å²) >= 11 is 0. The molecule has 2 fully saturated rings. The number of hydrogen-bond donors (Lipinski definition) is 1. The molecule has 6 heteroatoms. The largest absolute Gasteiger partial charge is 0.467 e. The Morgan fingerprint density at radius 2 is 1.95 bits per heavy atom. The van der Waals surface area contributed by atoms with Crippen LogP contribution in [0, 0.1) is 0 Å². The molecule has 2 atom stereocenters. The molecular weight excluding hydrogens is 246 g/mol. The van der Waals surface area contributed by atoms with Crippen molar-refractivity contribution in [2.24, 2.45) is 5.73 Å². The quantitative estimate of drug-likeness (QED) is 0.704. The monoisotopic (exact) mass is 269 g/mol. The number of esters is 1. The third-order valence-electron chi connectivity index (χ3n) is 4.49. The minimum Gasteiger partial charge on any atom is -0.467 e. The predicted octanol–water partition coefficient (Wildman–Crippen LogP) is -0.426. The topological polar surface area (TPSA) is 75.9 Å². The van der Waals surface area contributed by atoms with E-state index < -0.39 is 5.54 Å². The maximum absolute atomic E-state index is 12.3. The highest BCUT2D eigenvalue weighted by molar-refractivity contribution is 5.90. The van der Waals surface area contributed by atoms with E-state index in [1.54, 1.807) is 4.90 Å². The fraction of sp³-hybridized carbons (Fsp3) is 0.846. The lowest BCUT2D eigenvalue weighted by Gasteiger charge is -2.40. The molecule has 19 heavy (non-hydrogen) atoms. The zero-order valence-corrected chi connectivity index (χ0v) is 11.7. The zero-order chi connectivity index (χ0) is 14.0. The first-order valence-corrected chi connectivity index (χ1v) is 6.88. The van der Waals surface area contributed by atoms with Crippen LogP contribution in [-0.4, -0.2) is 66.5 Å². The van der Waals surface area contributed by atoms with E-state index in [9.17, 15) is 9.59 Å². The zero-order valence-electron chi connectivity index (χ0n) is 11.7. The van der Waals surface area contributed by atoms with Crippen molar-refractivity contribution in [3.63, 3.8) is 0 Å². The van der Waals surface area contributed by atoms with Gasteiger partial charge in [0.2, 0.25) is 5.91 Å². The number of nitrogens with zero attached hydrogens (tertiary/aromatic N) is 2.